The molecule has 2 aromatic carbocycles. The molecule has 0 bridgehead atoms. The first-order valence-corrected chi connectivity index (χ1v) is 13.9. The van der Waals surface area contributed by atoms with Gasteiger partial charge in [-0.1, -0.05) is 37.3 Å². The molecule has 0 fully saturated rings. The monoisotopic (exact) mass is 621 g/mol. The lowest BCUT2D eigenvalue weighted by Gasteiger charge is -2.33. The Morgan fingerprint density at radius 1 is 1.00 bits per heavy atom. The largest absolute Gasteiger partial charge is 0.335 e. The molecule has 1 N–H and O–H groups in total. The molecule has 8 nitrogen and oxygen atoms in total. The highest BCUT2D eigenvalue weighted by Crippen LogP contribution is 2.38. The van der Waals surface area contributed by atoms with E-state index in [1.165, 1.54) is 4.90 Å². The second-order valence-corrected chi connectivity index (χ2v) is 11.1. The van der Waals surface area contributed by atoms with E-state index in [-0.39, 0.29) is 55.0 Å². The normalized spacial score (nSPS) is 14.5. The number of carbonyl (C=O) groups is 3. The number of hydrogen-bond donors (Lipinski definition) is 1. The van der Waals surface area contributed by atoms with E-state index in [0.29, 0.717) is 30.8 Å². The van der Waals surface area contributed by atoms with Gasteiger partial charge in [0.25, 0.3) is 0 Å². The van der Waals surface area contributed by atoms with Gasteiger partial charge in [-0.15, -0.1) is 24.8 Å². The molecule has 0 aliphatic carbocycles. The fourth-order valence-corrected chi connectivity index (χ4v) is 5.42. The van der Waals surface area contributed by atoms with E-state index in [1.54, 1.807) is 33.3 Å². The minimum absolute atomic E-state index is 0. The summed E-state index contributed by atoms with van der Waals surface area (Å²) in [5, 5.41) is 3.90. The third-order valence-corrected chi connectivity index (χ3v) is 7.87. The number of aromatic nitrogens is 2. The van der Waals surface area contributed by atoms with Gasteiger partial charge in [-0.05, 0) is 73.7 Å². The molecule has 2 aromatic heterocycles. The lowest BCUT2D eigenvalue weighted by Crippen LogP contribution is -2.43. The van der Waals surface area contributed by atoms with Gasteiger partial charge in [-0.2, -0.15) is 0 Å². The van der Waals surface area contributed by atoms with Crippen molar-refractivity contribution in [2.75, 3.05) is 23.8 Å². The molecule has 1 atom stereocenters. The molecule has 4 aromatic rings. The minimum Gasteiger partial charge on any atom is -0.335 e. The van der Waals surface area contributed by atoms with Crippen LogP contribution in [0.25, 0.3) is 10.9 Å². The first kappa shape index (κ1) is 33.5. The number of nitrogens with one attached hydrogen (secondary N) is 1. The maximum absolute atomic E-state index is 14.0. The molecule has 0 spiro atoms. The molecule has 1 unspecified atom stereocenters. The van der Waals surface area contributed by atoms with Crippen molar-refractivity contribution in [1.29, 1.82) is 0 Å². The lowest BCUT2D eigenvalue weighted by molar-refractivity contribution is -0.136. The van der Waals surface area contributed by atoms with Crippen LogP contribution in [0.4, 0.5) is 11.4 Å². The van der Waals surface area contributed by atoms with Crippen molar-refractivity contribution in [2.24, 2.45) is 5.41 Å². The lowest BCUT2D eigenvalue weighted by atomic mass is 9.91. The van der Waals surface area contributed by atoms with Crippen molar-refractivity contribution in [3.8, 4) is 0 Å². The predicted octanol–water partition coefficient (Wildman–Crippen LogP) is 6.18. The molecule has 0 saturated heterocycles. The molecule has 1 aliphatic heterocycles. The van der Waals surface area contributed by atoms with Gasteiger partial charge in [0.2, 0.25) is 17.7 Å². The van der Waals surface area contributed by atoms with Crippen LogP contribution in [0.2, 0.25) is 0 Å². The van der Waals surface area contributed by atoms with Gasteiger partial charge in [0.1, 0.15) is 5.41 Å². The Bertz CT molecular complexity index is 1610. The zero-order valence-electron chi connectivity index (χ0n) is 24.7. The second kappa shape index (κ2) is 14.0. The molecule has 3 amide bonds. The second-order valence-electron chi connectivity index (χ2n) is 11.1. The van der Waals surface area contributed by atoms with E-state index < -0.39 is 5.41 Å². The number of amides is 3. The summed E-state index contributed by atoms with van der Waals surface area (Å²) in [6, 6.07) is 19.2. The van der Waals surface area contributed by atoms with Crippen LogP contribution in [0.15, 0.2) is 79.3 Å². The maximum Gasteiger partial charge on any atom is 0.241 e. The Labute approximate surface area is 264 Å². The molecule has 3 heterocycles. The summed E-state index contributed by atoms with van der Waals surface area (Å²) in [5.74, 6) is -0.635. The molecule has 1 aliphatic rings. The fourth-order valence-electron chi connectivity index (χ4n) is 5.42. The molecular formula is C33H37Cl2N5O3. The van der Waals surface area contributed by atoms with Crippen molar-refractivity contribution < 1.29 is 14.4 Å². The van der Waals surface area contributed by atoms with Crippen molar-refractivity contribution in [2.45, 2.75) is 46.1 Å². The number of nitrogens with zero attached hydrogens (tertiary/aromatic N) is 4. The average Bonchev–Trinajstić information content (AvgIpc) is 3.04. The number of fused-ring (bicyclic) bond motifs is 2. The van der Waals surface area contributed by atoms with E-state index >= 15 is 0 Å². The Hall–Kier alpha value is -4.01. The highest BCUT2D eigenvalue weighted by molar-refractivity contribution is 6.19. The van der Waals surface area contributed by atoms with E-state index in [4.69, 9.17) is 0 Å². The molecule has 43 heavy (non-hydrogen) atoms. The van der Waals surface area contributed by atoms with Gasteiger partial charge < -0.3 is 15.1 Å². The number of halogens is 2. The highest BCUT2D eigenvalue weighted by atomic mass is 35.5. The smallest absolute Gasteiger partial charge is 0.241 e. The predicted molar refractivity (Wildman–Crippen MR) is 175 cm³/mol. The summed E-state index contributed by atoms with van der Waals surface area (Å²) in [6.45, 7) is 5.81. The van der Waals surface area contributed by atoms with Crippen LogP contribution >= 0.6 is 24.8 Å². The summed E-state index contributed by atoms with van der Waals surface area (Å²) in [5.41, 5.74) is 3.68. The average molecular weight is 623 g/mol. The summed E-state index contributed by atoms with van der Waals surface area (Å²) in [7, 11) is 1.69. The summed E-state index contributed by atoms with van der Waals surface area (Å²) in [6.07, 6.45) is 6.87. The Morgan fingerprint density at radius 2 is 1.77 bits per heavy atom. The zero-order valence-corrected chi connectivity index (χ0v) is 26.4. The number of hydrogen-bond acceptors (Lipinski definition) is 5. The summed E-state index contributed by atoms with van der Waals surface area (Å²) >= 11 is 0. The van der Waals surface area contributed by atoms with Gasteiger partial charge in [-0.3, -0.25) is 24.4 Å². The molecule has 10 heteroatoms. The SMILES string of the molecule is CCC(c1ccc2c(c1)N(C)C(=O)C(C)(C)C(=O)N2)N(CCc1cccnc1)C(=O)Cc1cnc2ccccc2c1.Cl.Cl. The van der Waals surface area contributed by atoms with Gasteiger partial charge in [0.15, 0.2) is 0 Å². The number of anilines is 2. The topological polar surface area (TPSA) is 95.5 Å². The van der Waals surface area contributed by atoms with Gasteiger partial charge in [0, 0.05) is 37.6 Å². The van der Waals surface area contributed by atoms with E-state index in [1.807, 2.05) is 71.8 Å². The van der Waals surface area contributed by atoms with E-state index in [0.717, 1.165) is 27.6 Å². The third kappa shape index (κ3) is 6.98. The van der Waals surface area contributed by atoms with Crippen LogP contribution in [-0.2, 0) is 27.2 Å². The van der Waals surface area contributed by atoms with Crippen LogP contribution in [0.1, 0.15) is 49.9 Å². The zero-order chi connectivity index (χ0) is 29.1. The molecule has 5 rings (SSSR count). The molecule has 226 valence electrons. The van der Waals surface area contributed by atoms with Crippen LogP contribution in [0.3, 0.4) is 0 Å². The molecule has 0 radical (unpaired) electrons. The van der Waals surface area contributed by atoms with Crippen LogP contribution in [0.5, 0.6) is 0 Å². The van der Waals surface area contributed by atoms with Gasteiger partial charge in [0.05, 0.1) is 29.4 Å². The Kier molecular flexibility index (Phi) is 10.9. The quantitative estimate of drug-likeness (QED) is 0.237. The number of carbonyl (C=O) groups excluding carboxylic acids is 3. The minimum atomic E-state index is -1.20. The first-order valence-electron chi connectivity index (χ1n) is 13.9. The standard InChI is InChI=1S/C33H35N5O3.2ClH/c1-5-28(25-12-13-27-29(19-25)37(4)32(41)33(2,3)31(40)36-27)38(16-14-22-9-8-15-34-20-22)30(39)18-23-17-24-10-6-7-11-26(24)35-21-23;;/h6-13,15,17,19-21,28H,5,14,16,18H2,1-4H3,(H,36,40);2*1H. The van der Waals surface area contributed by atoms with Crippen LogP contribution < -0.4 is 10.2 Å². The van der Waals surface area contributed by atoms with Gasteiger partial charge >= 0.3 is 0 Å². The van der Waals surface area contributed by atoms with Crippen molar-refractivity contribution in [3.05, 3.63) is 95.9 Å². The Morgan fingerprint density at radius 3 is 2.49 bits per heavy atom. The van der Waals surface area contributed by atoms with Crippen molar-refractivity contribution in [1.82, 2.24) is 14.9 Å². The first-order chi connectivity index (χ1) is 19.7. The third-order valence-electron chi connectivity index (χ3n) is 7.87. The van der Waals surface area contributed by atoms with Gasteiger partial charge in [-0.25, -0.2) is 0 Å². The fraction of sp³-hybridized carbons (Fsp3) is 0.303. The van der Waals surface area contributed by atoms with Crippen LogP contribution in [0, 0.1) is 5.41 Å². The molecule has 0 saturated carbocycles. The van der Waals surface area contributed by atoms with E-state index in [9.17, 15) is 14.4 Å². The van der Waals surface area contributed by atoms with Crippen molar-refractivity contribution in [3.63, 3.8) is 0 Å². The maximum atomic E-state index is 14.0. The number of rotatable bonds is 8. The number of benzene rings is 2. The Balaban J connectivity index is 0.00000253. The van der Waals surface area contributed by atoms with E-state index in [2.05, 4.69) is 22.2 Å². The van der Waals surface area contributed by atoms with Crippen LogP contribution in [-0.4, -0.2) is 46.2 Å². The number of para-hydroxylation sites is 1. The number of pyridine rings is 2. The molecular weight excluding hydrogens is 585 g/mol. The summed E-state index contributed by atoms with van der Waals surface area (Å²) in [4.78, 5) is 52.2. The highest BCUT2D eigenvalue weighted by Gasteiger charge is 2.42. The summed E-state index contributed by atoms with van der Waals surface area (Å²) < 4.78 is 0. The van der Waals surface area contributed by atoms with Crippen molar-refractivity contribution >= 4 is 64.8 Å².